The Bertz CT molecular complexity index is 850. The number of aromatic nitrogens is 1. The van der Waals surface area contributed by atoms with Crippen molar-refractivity contribution in [2.24, 2.45) is 4.99 Å². The molecule has 1 N–H and O–H groups in total. The lowest BCUT2D eigenvalue weighted by Crippen LogP contribution is -2.52. The third kappa shape index (κ3) is 6.20. The maximum absolute atomic E-state index is 14.0. The molecule has 2 aliphatic heterocycles. The Morgan fingerprint density at radius 1 is 1.19 bits per heavy atom. The number of aliphatic imine (C=N–C) groups is 1. The molecule has 176 valence electrons. The van der Waals surface area contributed by atoms with Crippen molar-refractivity contribution in [1.29, 1.82) is 0 Å². The van der Waals surface area contributed by atoms with Gasteiger partial charge in [0.15, 0.2) is 5.96 Å². The Hall–Kier alpha value is -1.72. The molecule has 4 rings (SSSR count). The van der Waals surface area contributed by atoms with Crippen LogP contribution in [-0.2, 0) is 16.7 Å². The molecule has 2 saturated heterocycles. The van der Waals surface area contributed by atoms with Gasteiger partial charge in [0.25, 0.3) is 0 Å². The lowest BCUT2D eigenvalue weighted by molar-refractivity contribution is 0.0528. The summed E-state index contributed by atoms with van der Waals surface area (Å²) in [4.78, 5) is 9.75. The molecule has 2 fully saturated rings. The Labute approximate surface area is 206 Å². The molecule has 9 heteroatoms. The van der Waals surface area contributed by atoms with Crippen LogP contribution in [0.3, 0.4) is 0 Å². The van der Waals surface area contributed by atoms with Gasteiger partial charge in [-0.05, 0) is 37.5 Å². The Balaban J connectivity index is 0.00000289. The van der Waals surface area contributed by atoms with E-state index in [1.54, 1.807) is 18.4 Å². The molecule has 0 aliphatic carbocycles. The number of halogens is 2. The predicted octanol–water partition coefficient (Wildman–Crippen LogP) is 3.26. The van der Waals surface area contributed by atoms with Gasteiger partial charge < -0.3 is 19.5 Å². The van der Waals surface area contributed by atoms with E-state index < -0.39 is 0 Å². The van der Waals surface area contributed by atoms with Crippen molar-refractivity contribution < 1.29 is 13.7 Å². The van der Waals surface area contributed by atoms with Crippen LogP contribution in [0.15, 0.2) is 46.1 Å². The number of ether oxygens (including phenoxy) is 1. The molecule has 3 heterocycles. The molecule has 7 nitrogen and oxygen atoms in total. The lowest BCUT2D eigenvalue weighted by Gasteiger charge is -2.39. The summed E-state index contributed by atoms with van der Waals surface area (Å²) in [5, 5.41) is 7.47. The summed E-state index contributed by atoms with van der Waals surface area (Å²) < 4.78 is 24.5. The van der Waals surface area contributed by atoms with Crippen molar-refractivity contribution in [1.82, 2.24) is 20.3 Å². The number of guanidine groups is 1. The smallest absolute Gasteiger partial charge is 0.194 e. The Morgan fingerprint density at radius 3 is 2.62 bits per heavy atom. The maximum atomic E-state index is 14.0. The van der Waals surface area contributed by atoms with E-state index in [9.17, 15) is 4.39 Å². The van der Waals surface area contributed by atoms with Gasteiger partial charge in [0.05, 0.1) is 12.2 Å². The van der Waals surface area contributed by atoms with Crippen LogP contribution in [0.1, 0.15) is 31.0 Å². The van der Waals surface area contributed by atoms with Crippen molar-refractivity contribution in [2.75, 3.05) is 52.5 Å². The van der Waals surface area contributed by atoms with Gasteiger partial charge in [-0.25, -0.2) is 4.39 Å². The lowest BCUT2D eigenvalue weighted by atomic mass is 9.74. The van der Waals surface area contributed by atoms with Crippen LogP contribution in [0.2, 0.25) is 0 Å². The molecule has 0 saturated carbocycles. The minimum atomic E-state index is -0.192. The number of hydrogen-bond donors (Lipinski definition) is 1. The first-order chi connectivity index (χ1) is 15.2. The fraction of sp³-hybridized carbons (Fsp3) is 0.565. The number of hydrogen-bond acceptors (Lipinski definition) is 5. The van der Waals surface area contributed by atoms with Gasteiger partial charge in [-0.3, -0.25) is 9.89 Å². The number of nitrogens with one attached hydrogen (secondary N) is 1. The SMILES string of the molecule is CCNC(=NCC1(c2cccc(F)c2)CCOCC1)N1CCN(Cc2ccon2)CC1.I. The highest BCUT2D eigenvalue weighted by atomic mass is 127. The topological polar surface area (TPSA) is 66.1 Å². The van der Waals surface area contributed by atoms with Gasteiger partial charge in [0.1, 0.15) is 12.1 Å². The van der Waals surface area contributed by atoms with Gasteiger partial charge in [-0.15, -0.1) is 24.0 Å². The molecule has 1 aromatic carbocycles. The fourth-order valence-electron chi connectivity index (χ4n) is 4.44. The second-order valence-electron chi connectivity index (χ2n) is 8.33. The van der Waals surface area contributed by atoms with Crippen LogP contribution in [0.25, 0.3) is 0 Å². The molecule has 0 radical (unpaired) electrons. The highest BCUT2D eigenvalue weighted by molar-refractivity contribution is 14.0. The highest BCUT2D eigenvalue weighted by Crippen LogP contribution is 2.35. The third-order valence-electron chi connectivity index (χ3n) is 6.30. The first-order valence-corrected chi connectivity index (χ1v) is 11.2. The third-order valence-corrected chi connectivity index (χ3v) is 6.30. The quantitative estimate of drug-likeness (QED) is 0.334. The van der Waals surface area contributed by atoms with Crippen LogP contribution in [-0.4, -0.2) is 73.4 Å². The molecule has 0 atom stereocenters. The molecule has 1 aromatic heterocycles. The summed E-state index contributed by atoms with van der Waals surface area (Å²) in [7, 11) is 0. The van der Waals surface area contributed by atoms with E-state index in [0.717, 1.165) is 69.3 Å². The zero-order valence-corrected chi connectivity index (χ0v) is 21.0. The van der Waals surface area contributed by atoms with E-state index in [0.29, 0.717) is 19.8 Å². The van der Waals surface area contributed by atoms with Gasteiger partial charge in [-0.1, -0.05) is 17.3 Å². The standard InChI is InChI=1S/C23H32FN5O2.HI/c1-2-25-22(29-11-9-28(10-12-29)17-21-6-13-31-27-21)26-18-23(7-14-30-15-8-23)19-4-3-5-20(24)16-19;/h3-6,13,16H,2,7-12,14-15,17-18H2,1H3,(H,25,26);1H. The largest absolute Gasteiger partial charge is 0.381 e. The average molecular weight is 557 g/mol. The van der Waals surface area contributed by atoms with Gasteiger partial charge >= 0.3 is 0 Å². The highest BCUT2D eigenvalue weighted by Gasteiger charge is 2.35. The number of rotatable bonds is 6. The fourth-order valence-corrected chi connectivity index (χ4v) is 4.44. The van der Waals surface area contributed by atoms with Crippen molar-refractivity contribution in [3.8, 4) is 0 Å². The van der Waals surface area contributed by atoms with Gasteiger partial charge in [0.2, 0.25) is 0 Å². The summed E-state index contributed by atoms with van der Waals surface area (Å²) >= 11 is 0. The first kappa shape index (κ1) is 24.9. The normalized spacial score (nSPS) is 19.4. The van der Waals surface area contributed by atoms with Crippen molar-refractivity contribution >= 4 is 29.9 Å². The minimum absolute atomic E-state index is 0. The molecule has 0 amide bonds. The van der Waals surface area contributed by atoms with E-state index >= 15 is 0 Å². The molecule has 32 heavy (non-hydrogen) atoms. The van der Waals surface area contributed by atoms with Crippen LogP contribution in [0.5, 0.6) is 0 Å². The van der Waals surface area contributed by atoms with Crippen LogP contribution in [0, 0.1) is 5.82 Å². The van der Waals surface area contributed by atoms with Crippen molar-refractivity contribution in [3.63, 3.8) is 0 Å². The van der Waals surface area contributed by atoms with Gasteiger partial charge in [0, 0.05) is 64.0 Å². The Morgan fingerprint density at radius 2 is 1.97 bits per heavy atom. The summed E-state index contributed by atoms with van der Waals surface area (Å²) in [5.41, 5.74) is 1.80. The molecule has 0 bridgehead atoms. The molecular formula is C23H33FIN5O2. The molecule has 2 aromatic rings. The second kappa shape index (κ2) is 11.9. The summed E-state index contributed by atoms with van der Waals surface area (Å²) in [5.74, 6) is 0.744. The number of piperazine rings is 1. The first-order valence-electron chi connectivity index (χ1n) is 11.2. The molecule has 2 aliphatic rings. The van der Waals surface area contributed by atoms with Crippen LogP contribution >= 0.6 is 24.0 Å². The average Bonchev–Trinajstić information content (AvgIpc) is 3.31. The Kier molecular flexibility index (Phi) is 9.30. The minimum Gasteiger partial charge on any atom is -0.381 e. The summed E-state index contributed by atoms with van der Waals surface area (Å²) in [6.07, 6.45) is 3.32. The monoisotopic (exact) mass is 557 g/mol. The maximum Gasteiger partial charge on any atom is 0.194 e. The van der Waals surface area contributed by atoms with E-state index in [2.05, 4.69) is 27.2 Å². The summed E-state index contributed by atoms with van der Waals surface area (Å²) in [6, 6.07) is 8.90. The van der Waals surface area contributed by atoms with E-state index in [-0.39, 0.29) is 35.2 Å². The van der Waals surface area contributed by atoms with Gasteiger partial charge in [-0.2, -0.15) is 0 Å². The van der Waals surface area contributed by atoms with E-state index in [1.165, 1.54) is 6.07 Å². The molecule has 0 spiro atoms. The zero-order valence-electron chi connectivity index (χ0n) is 18.6. The number of benzene rings is 1. The van der Waals surface area contributed by atoms with E-state index in [1.807, 2.05) is 12.1 Å². The molecule has 0 unspecified atom stereocenters. The van der Waals surface area contributed by atoms with Crippen LogP contribution < -0.4 is 5.32 Å². The molecular weight excluding hydrogens is 524 g/mol. The second-order valence-corrected chi connectivity index (χ2v) is 8.33. The predicted molar refractivity (Wildman–Crippen MR) is 133 cm³/mol. The zero-order chi connectivity index (χ0) is 21.5. The van der Waals surface area contributed by atoms with Crippen molar-refractivity contribution in [3.05, 3.63) is 53.7 Å². The van der Waals surface area contributed by atoms with Crippen LogP contribution in [0.4, 0.5) is 4.39 Å². The van der Waals surface area contributed by atoms with Crippen molar-refractivity contribution in [2.45, 2.75) is 31.7 Å². The summed E-state index contributed by atoms with van der Waals surface area (Å²) in [6.45, 7) is 9.40. The number of nitrogens with zero attached hydrogens (tertiary/aromatic N) is 4. The van der Waals surface area contributed by atoms with E-state index in [4.69, 9.17) is 14.3 Å².